The molecule has 0 unspecified atom stereocenters. The van der Waals surface area contributed by atoms with Gasteiger partial charge in [0.25, 0.3) is 0 Å². The fourth-order valence-corrected chi connectivity index (χ4v) is 5.06. The largest absolute Gasteiger partial charge is 0.342 e. The zero-order valence-electron chi connectivity index (χ0n) is 14.3. The van der Waals surface area contributed by atoms with Crippen LogP contribution in [-0.4, -0.2) is 73.0 Å². The van der Waals surface area contributed by atoms with Crippen LogP contribution < -0.4 is 0 Å². The summed E-state index contributed by atoms with van der Waals surface area (Å²) in [5.41, 5.74) is 0. The standard InChI is InChI=1S/C19H31N3O/c23-19(22-8-1-2-9-22)15-21-7-3-6-20(10-11-21)14-18-13-16-4-5-17(18)12-16/h4-5,16-18H,1-3,6-15H2/t16-,17-,18+/m0/s1. The van der Waals surface area contributed by atoms with Gasteiger partial charge in [-0.05, 0) is 62.9 Å². The van der Waals surface area contributed by atoms with Gasteiger partial charge in [0, 0.05) is 32.7 Å². The number of likely N-dealkylation sites (tertiary alicyclic amines) is 1. The number of carbonyl (C=O) groups excluding carboxylic acids is 1. The molecule has 0 radical (unpaired) electrons. The van der Waals surface area contributed by atoms with E-state index in [0.717, 1.165) is 50.5 Å². The van der Waals surface area contributed by atoms with Gasteiger partial charge >= 0.3 is 0 Å². The Hall–Kier alpha value is -0.870. The van der Waals surface area contributed by atoms with Crippen LogP contribution in [0.15, 0.2) is 12.2 Å². The molecule has 3 fully saturated rings. The van der Waals surface area contributed by atoms with Gasteiger partial charge in [-0.2, -0.15) is 0 Å². The van der Waals surface area contributed by atoms with Crippen molar-refractivity contribution in [2.75, 3.05) is 52.4 Å². The van der Waals surface area contributed by atoms with E-state index in [1.165, 1.54) is 45.2 Å². The van der Waals surface area contributed by atoms with Crippen molar-refractivity contribution in [1.82, 2.24) is 14.7 Å². The summed E-state index contributed by atoms with van der Waals surface area (Å²) in [6.45, 7) is 8.40. The Bertz CT molecular complexity index is 458. The normalized spacial score (nSPS) is 35.1. The Labute approximate surface area is 140 Å². The van der Waals surface area contributed by atoms with Gasteiger partial charge in [0.15, 0.2) is 0 Å². The van der Waals surface area contributed by atoms with E-state index in [1.54, 1.807) is 0 Å². The highest BCUT2D eigenvalue weighted by atomic mass is 16.2. The monoisotopic (exact) mass is 317 g/mol. The van der Waals surface area contributed by atoms with Crippen molar-refractivity contribution in [3.63, 3.8) is 0 Å². The van der Waals surface area contributed by atoms with Crippen LogP contribution in [0.1, 0.15) is 32.1 Å². The summed E-state index contributed by atoms with van der Waals surface area (Å²) in [5, 5.41) is 0. The van der Waals surface area contributed by atoms with Crippen LogP contribution >= 0.6 is 0 Å². The Kier molecular flexibility index (Phi) is 4.72. The maximum Gasteiger partial charge on any atom is 0.236 e. The first-order valence-corrected chi connectivity index (χ1v) is 9.69. The number of rotatable bonds is 4. The fraction of sp³-hybridized carbons (Fsp3) is 0.842. The van der Waals surface area contributed by atoms with Crippen molar-refractivity contribution < 1.29 is 4.79 Å². The molecule has 2 aliphatic heterocycles. The van der Waals surface area contributed by atoms with Crippen molar-refractivity contribution in [1.29, 1.82) is 0 Å². The average molecular weight is 317 g/mol. The molecule has 2 aliphatic carbocycles. The van der Waals surface area contributed by atoms with E-state index in [9.17, 15) is 4.79 Å². The first-order valence-electron chi connectivity index (χ1n) is 9.69. The number of hydrogen-bond donors (Lipinski definition) is 0. The molecule has 0 spiro atoms. The predicted octanol–water partition coefficient (Wildman–Crippen LogP) is 1.83. The molecule has 0 aromatic carbocycles. The smallest absolute Gasteiger partial charge is 0.236 e. The molecule has 4 nitrogen and oxygen atoms in total. The van der Waals surface area contributed by atoms with Gasteiger partial charge in [0.1, 0.15) is 0 Å². The van der Waals surface area contributed by atoms with Crippen LogP contribution in [0.4, 0.5) is 0 Å². The van der Waals surface area contributed by atoms with Gasteiger partial charge in [-0.25, -0.2) is 0 Å². The van der Waals surface area contributed by atoms with Crippen molar-refractivity contribution in [3.8, 4) is 0 Å². The Morgan fingerprint density at radius 1 is 0.870 bits per heavy atom. The quantitative estimate of drug-likeness (QED) is 0.740. The minimum absolute atomic E-state index is 0.356. The molecule has 1 saturated carbocycles. The van der Waals surface area contributed by atoms with Crippen LogP contribution in [0.25, 0.3) is 0 Å². The Balaban J connectivity index is 1.23. The third-order valence-electron chi connectivity index (χ3n) is 6.41. The second kappa shape index (κ2) is 6.94. The summed E-state index contributed by atoms with van der Waals surface area (Å²) in [6.07, 6.45) is 11.3. The summed E-state index contributed by atoms with van der Waals surface area (Å²) < 4.78 is 0. The van der Waals surface area contributed by atoms with Crippen LogP contribution in [0.2, 0.25) is 0 Å². The third-order valence-corrected chi connectivity index (χ3v) is 6.41. The van der Waals surface area contributed by atoms with Crippen molar-refractivity contribution in [2.24, 2.45) is 17.8 Å². The Morgan fingerprint density at radius 2 is 1.65 bits per heavy atom. The lowest BCUT2D eigenvalue weighted by atomic mass is 9.93. The third kappa shape index (κ3) is 3.63. The number of allylic oxidation sites excluding steroid dienone is 2. The van der Waals surface area contributed by atoms with Gasteiger partial charge in [-0.15, -0.1) is 0 Å². The summed E-state index contributed by atoms with van der Waals surface area (Å²) in [4.78, 5) is 19.5. The maximum atomic E-state index is 12.3. The molecule has 0 N–H and O–H groups in total. The minimum atomic E-state index is 0.356. The minimum Gasteiger partial charge on any atom is -0.342 e. The molecule has 4 heteroatoms. The summed E-state index contributed by atoms with van der Waals surface area (Å²) >= 11 is 0. The second-order valence-electron chi connectivity index (χ2n) is 8.06. The molecule has 4 aliphatic rings. The molecular weight excluding hydrogens is 286 g/mol. The highest BCUT2D eigenvalue weighted by molar-refractivity contribution is 5.78. The number of amides is 1. The van der Waals surface area contributed by atoms with E-state index in [-0.39, 0.29) is 0 Å². The zero-order valence-corrected chi connectivity index (χ0v) is 14.3. The molecule has 3 atom stereocenters. The van der Waals surface area contributed by atoms with E-state index >= 15 is 0 Å². The van der Waals surface area contributed by atoms with E-state index in [4.69, 9.17) is 0 Å². The number of fused-ring (bicyclic) bond motifs is 2. The average Bonchev–Trinajstić information content (AvgIpc) is 3.26. The number of carbonyl (C=O) groups is 1. The van der Waals surface area contributed by atoms with Crippen LogP contribution in [0.5, 0.6) is 0 Å². The molecular formula is C19H31N3O. The van der Waals surface area contributed by atoms with Gasteiger partial charge in [0.2, 0.25) is 5.91 Å². The molecule has 0 aromatic heterocycles. The molecule has 2 heterocycles. The SMILES string of the molecule is O=C(CN1CCCN(C[C@H]2C[C@H]3C=C[C@H]2C3)CC1)N1CCCC1. The van der Waals surface area contributed by atoms with E-state index in [1.807, 2.05) is 0 Å². The molecule has 2 bridgehead atoms. The number of hydrogen-bond acceptors (Lipinski definition) is 3. The molecule has 1 amide bonds. The molecule has 2 saturated heterocycles. The van der Waals surface area contributed by atoms with Crippen LogP contribution in [0, 0.1) is 17.8 Å². The van der Waals surface area contributed by atoms with Crippen molar-refractivity contribution in [2.45, 2.75) is 32.1 Å². The summed E-state index contributed by atoms with van der Waals surface area (Å²) in [7, 11) is 0. The predicted molar refractivity (Wildman–Crippen MR) is 92.2 cm³/mol. The summed E-state index contributed by atoms with van der Waals surface area (Å²) in [5.74, 6) is 2.99. The molecule has 23 heavy (non-hydrogen) atoms. The maximum absolute atomic E-state index is 12.3. The zero-order chi connectivity index (χ0) is 15.6. The lowest BCUT2D eigenvalue weighted by molar-refractivity contribution is -0.131. The van der Waals surface area contributed by atoms with Crippen molar-refractivity contribution in [3.05, 3.63) is 12.2 Å². The van der Waals surface area contributed by atoms with Crippen molar-refractivity contribution >= 4 is 5.91 Å². The van der Waals surface area contributed by atoms with E-state index in [2.05, 4.69) is 26.9 Å². The van der Waals surface area contributed by atoms with Crippen LogP contribution in [-0.2, 0) is 4.79 Å². The summed E-state index contributed by atoms with van der Waals surface area (Å²) in [6, 6.07) is 0. The van der Waals surface area contributed by atoms with Gasteiger partial charge in [0.05, 0.1) is 6.54 Å². The second-order valence-corrected chi connectivity index (χ2v) is 8.06. The lowest BCUT2D eigenvalue weighted by Gasteiger charge is -2.27. The highest BCUT2D eigenvalue weighted by Crippen LogP contribution is 2.43. The molecule has 4 rings (SSSR count). The molecule has 128 valence electrons. The van der Waals surface area contributed by atoms with Crippen LogP contribution in [0.3, 0.4) is 0 Å². The lowest BCUT2D eigenvalue weighted by Crippen LogP contribution is -2.41. The Morgan fingerprint density at radius 3 is 2.39 bits per heavy atom. The van der Waals surface area contributed by atoms with Gasteiger partial charge < -0.3 is 9.80 Å². The van der Waals surface area contributed by atoms with E-state index in [0.29, 0.717) is 12.5 Å². The van der Waals surface area contributed by atoms with Gasteiger partial charge in [-0.1, -0.05) is 12.2 Å². The number of nitrogens with zero attached hydrogens (tertiary/aromatic N) is 3. The van der Waals surface area contributed by atoms with Gasteiger partial charge in [-0.3, -0.25) is 9.69 Å². The first-order chi connectivity index (χ1) is 11.3. The highest BCUT2D eigenvalue weighted by Gasteiger charge is 2.36. The van der Waals surface area contributed by atoms with E-state index < -0.39 is 0 Å². The first kappa shape index (κ1) is 15.6. The molecule has 0 aromatic rings. The topological polar surface area (TPSA) is 26.8 Å². The fourth-order valence-electron chi connectivity index (χ4n) is 5.06.